The summed E-state index contributed by atoms with van der Waals surface area (Å²) in [6.45, 7) is 2.83. The zero-order valence-electron chi connectivity index (χ0n) is 12.1. The average molecular weight is 309 g/mol. The smallest absolute Gasteiger partial charge is 0.137 e. The topological polar surface area (TPSA) is 34.2 Å². The van der Waals surface area contributed by atoms with E-state index in [1.54, 1.807) is 31.6 Å². The number of rotatable bonds is 6. The van der Waals surface area contributed by atoms with Gasteiger partial charge in [0.25, 0.3) is 0 Å². The molecular formula is C16H18ClFN2O. The summed E-state index contributed by atoms with van der Waals surface area (Å²) in [5.41, 5.74) is 1.40. The number of methoxy groups -OCH3 is 1. The summed E-state index contributed by atoms with van der Waals surface area (Å²) < 4.78 is 19.4. The number of halogens is 2. The molecule has 1 atom stereocenters. The number of benzene rings is 1. The van der Waals surface area contributed by atoms with Gasteiger partial charge >= 0.3 is 0 Å². The third-order valence-electron chi connectivity index (χ3n) is 3.18. The van der Waals surface area contributed by atoms with Crippen LogP contribution in [0.15, 0.2) is 36.7 Å². The van der Waals surface area contributed by atoms with E-state index in [1.165, 1.54) is 6.07 Å². The minimum absolute atomic E-state index is 0.287. The van der Waals surface area contributed by atoms with Crippen LogP contribution in [0.3, 0.4) is 0 Å². The second-order valence-electron chi connectivity index (χ2n) is 4.71. The minimum atomic E-state index is -0.334. The highest BCUT2D eigenvalue weighted by Crippen LogP contribution is 2.27. The zero-order valence-corrected chi connectivity index (χ0v) is 12.8. The summed E-state index contributed by atoms with van der Waals surface area (Å²) in [6, 6.07) is 6.28. The van der Waals surface area contributed by atoms with Crippen LogP contribution in [-0.4, -0.2) is 18.6 Å². The van der Waals surface area contributed by atoms with Gasteiger partial charge in [0, 0.05) is 16.8 Å². The molecule has 0 amide bonds. The summed E-state index contributed by atoms with van der Waals surface area (Å²) in [5.74, 6) is 0.309. The average Bonchev–Trinajstić information content (AvgIpc) is 2.49. The van der Waals surface area contributed by atoms with Crippen molar-refractivity contribution in [2.75, 3.05) is 13.7 Å². The molecule has 3 nitrogen and oxygen atoms in total. The maximum Gasteiger partial charge on any atom is 0.137 e. The summed E-state index contributed by atoms with van der Waals surface area (Å²) in [7, 11) is 1.58. The fourth-order valence-electron chi connectivity index (χ4n) is 2.14. The van der Waals surface area contributed by atoms with Crippen molar-refractivity contribution in [3.63, 3.8) is 0 Å². The molecule has 1 aromatic heterocycles. The van der Waals surface area contributed by atoms with Crippen molar-refractivity contribution >= 4 is 11.6 Å². The SMILES string of the molecule is CCCNC(c1cncc(OC)c1)c1ccc(Cl)cc1F. The molecule has 0 aliphatic heterocycles. The van der Waals surface area contributed by atoms with Crippen molar-refractivity contribution in [1.29, 1.82) is 0 Å². The van der Waals surface area contributed by atoms with Gasteiger partial charge in [-0.2, -0.15) is 0 Å². The third-order valence-corrected chi connectivity index (χ3v) is 3.41. The van der Waals surface area contributed by atoms with Gasteiger partial charge in [-0.3, -0.25) is 4.98 Å². The zero-order chi connectivity index (χ0) is 15.2. The van der Waals surface area contributed by atoms with E-state index in [9.17, 15) is 4.39 Å². The first-order valence-electron chi connectivity index (χ1n) is 6.83. The van der Waals surface area contributed by atoms with Crippen LogP contribution in [0.2, 0.25) is 5.02 Å². The molecule has 1 heterocycles. The Morgan fingerprint density at radius 3 is 2.81 bits per heavy atom. The van der Waals surface area contributed by atoms with Gasteiger partial charge in [0.1, 0.15) is 11.6 Å². The van der Waals surface area contributed by atoms with E-state index in [4.69, 9.17) is 16.3 Å². The Kier molecular flexibility index (Phi) is 5.53. The molecule has 0 radical (unpaired) electrons. The number of nitrogens with zero attached hydrogens (tertiary/aromatic N) is 1. The highest BCUT2D eigenvalue weighted by Gasteiger charge is 2.18. The first-order chi connectivity index (χ1) is 10.2. The summed E-state index contributed by atoms with van der Waals surface area (Å²) in [6.07, 6.45) is 4.28. The van der Waals surface area contributed by atoms with Gasteiger partial charge in [0.2, 0.25) is 0 Å². The maximum atomic E-state index is 14.2. The lowest BCUT2D eigenvalue weighted by Gasteiger charge is -2.20. The van der Waals surface area contributed by atoms with E-state index in [-0.39, 0.29) is 11.9 Å². The molecule has 1 N–H and O–H groups in total. The number of aromatic nitrogens is 1. The standard InChI is InChI=1S/C16H18ClFN2O/c1-3-6-20-16(11-7-13(21-2)10-19-9-11)14-5-4-12(17)8-15(14)18/h4-5,7-10,16,20H,3,6H2,1-2H3. The van der Waals surface area contributed by atoms with E-state index >= 15 is 0 Å². The number of hydrogen-bond acceptors (Lipinski definition) is 3. The van der Waals surface area contributed by atoms with Crippen molar-refractivity contribution < 1.29 is 9.13 Å². The van der Waals surface area contributed by atoms with E-state index in [0.29, 0.717) is 16.3 Å². The first kappa shape index (κ1) is 15.7. The van der Waals surface area contributed by atoms with Crippen molar-refractivity contribution in [3.8, 4) is 5.75 Å². The van der Waals surface area contributed by atoms with Gasteiger partial charge < -0.3 is 10.1 Å². The molecule has 1 unspecified atom stereocenters. The first-order valence-corrected chi connectivity index (χ1v) is 7.20. The Morgan fingerprint density at radius 1 is 1.33 bits per heavy atom. The lowest BCUT2D eigenvalue weighted by atomic mass is 9.99. The molecular weight excluding hydrogens is 291 g/mol. The van der Waals surface area contributed by atoms with Crippen LogP contribution in [0, 0.1) is 5.82 Å². The summed E-state index contributed by atoms with van der Waals surface area (Å²) in [5, 5.41) is 3.72. The monoisotopic (exact) mass is 308 g/mol. The van der Waals surface area contributed by atoms with Crippen LogP contribution in [0.25, 0.3) is 0 Å². The molecule has 1 aromatic carbocycles. The lowest BCUT2D eigenvalue weighted by Crippen LogP contribution is -2.24. The van der Waals surface area contributed by atoms with Crippen LogP contribution < -0.4 is 10.1 Å². The molecule has 21 heavy (non-hydrogen) atoms. The lowest BCUT2D eigenvalue weighted by molar-refractivity contribution is 0.411. The molecule has 0 aliphatic carbocycles. The van der Waals surface area contributed by atoms with Gasteiger partial charge in [-0.25, -0.2) is 4.39 Å². The van der Waals surface area contributed by atoms with Gasteiger partial charge in [0.05, 0.1) is 19.3 Å². The Bertz CT molecular complexity index is 607. The molecule has 2 aromatic rings. The Hall–Kier alpha value is -1.65. The molecule has 0 saturated heterocycles. The Labute approximate surface area is 129 Å². The molecule has 0 spiro atoms. The maximum absolute atomic E-state index is 14.2. The van der Waals surface area contributed by atoms with Crippen LogP contribution in [-0.2, 0) is 0 Å². The van der Waals surface area contributed by atoms with Gasteiger partial charge in [-0.15, -0.1) is 0 Å². The van der Waals surface area contributed by atoms with Crippen LogP contribution in [0.1, 0.15) is 30.5 Å². The summed E-state index contributed by atoms with van der Waals surface area (Å²) in [4.78, 5) is 4.14. The highest BCUT2D eigenvalue weighted by molar-refractivity contribution is 6.30. The van der Waals surface area contributed by atoms with Crippen molar-refractivity contribution in [2.45, 2.75) is 19.4 Å². The number of pyridine rings is 1. The molecule has 5 heteroatoms. The molecule has 0 aliphatic rings. The summed E-state index contributed by atoms with van der Waals surface area (Å²) >= 11 is 5.83. The second kappa shape index (κ2) is 7.38. The van der Waals surface area contributed by atoms with Crippen molar-refractivity contribution in [1.82, 2.24) is 10.3 Å². The molecule has 0 bridgehead atoms. The van der Waals surface area contributed by atoms with Crippen molar-refractivity contribution in [2.24, 2.45) is 0 Å². The van der Waals surface area contributed by atoms with E-state index < -0.39 is 0 Å². The largest absolute Gasteiger partial charge is 0.495 e. The van der Waals surface area contributed by atoms with Crippen LogP contribution in [0.5, 0.6) is 5.75 Å². The number of ether oxygens (including phenoxy) is 1. The quantitative estimate of drug-likeness (QED) is 0.876. The normalized spacial score (nSPS) is 12.2. The van der Waals surface area contributed by atoms with Crippen molar-refractivity contribution in [3.05, 3.63) is 58.6 Å². The van der Waals surface area contributed by atoms with E-state index in [2.05, 4.69) is 17.2 Å². The van der Waals surface area contributed by atoms with Gasteiger partial charge in [-0.1, -0.05) is 24.6 Å². The molecule has 112 valence electrons. The molecule has 0 fully saturated rings. The predicted octanol–water partition coefficient (Wildman–Crippen LogP) is 3.97. The van der Waals surface area contributed by atoms with E-state index in [1.807, 2.05) is 6.07 Å². The van der Waals surface area contributed by atoms with Gasteiger partial charge in [0.15, 0.2) is 0 Å². The highest BCUT2D eigenvalue weighted by atomic mass is 35.5. The fourth-order valence-corrected chi connectivity index (χ4v) is 2.30. The van der Waals surface area contributed by atoms with E-state index in [0.717, 1.165) is 18.5 Å². The fraction of sp³-hybridized carbons (Fsp3) is 0.312. The second-order valence-corrected chi connectivity index (χ2v) is 5.15. The number of hydrogen-bond donors (Lipinski definition) is 1. The Morgan fingerprint density at radius 2 is 2.14 bits per heavy atom. The minimum Gasteiger partial charge on any atom is -0.495 e. The van der Waals surface area contributed by atoms with Crippen LogP contribution in [0.4, 0.5) is 4.39 Å². The van der Waals surface area contributed by atoms with Gasteiger partial charge in [-0.05, 0) is 36.7 Å². The Balaban J connectivity index is 2.41. The third kappa shape index (κ3) is 3.93. The van der Waals surface area contributed by atoms with Crippen LogP contribution >= 0.6 is 11.6 Å². The molecule has 0 saturated carbocycles. The number of nitrogens with one attached hydrogen (secondary N) is 1. The molecule has 2 rings (SSSR count). The predicted molar refractivity (Wildman–Crippen MR) is 82.3 cm³/mol.